The van der Waals surface area contributed by atoms with Gasteiger partial charge in [0.15, 0.2) is 0 Å². The number of aromatic nitrogens is 3. The molecule has 0 saturated carbocycles. The summed E-state index contributed by atoms with van der Waals surface area (Å²) < 4.78 is 2.18. The van der Waals surface area contributed by atoms with E-state index >= 15 is 0 Å². The lowest BCUT2D eigenvalue weighted by atomic mass is 9.93. The zero-order valence-electron chi connectivity index (χ0n) is 13.5. The Morgan fingerprint density at radius 3 is 3.00 bits per heavy atom. The predicted octanol–water partition coefficient (Wildman–Crippen LogP) is 1.60. The number of carbonyl (C=O) groups excluding carboxylic acids is 1. The fraction of sp³-hybridized carbons (Fsp3) is 0.444. The molecule has 1 saturated heterocycles. The quantitative estimate of drug-likeness (QED) is 0.841. The molecule has 6 nitrogen and oxygen atoms in total. The molecule has 4 heterocycles. The van der Waals surface area contributed by atoms with Gasteiger partial charge >= 0.3 is 0 Å². The van der Waals surface area contributed by atoms with Crippen LogP contribution in [0.1, 0.15) is 47.1 Å². The van der Waals surface area contributed by atoms with Gasteiger partial charge in [0.1, 0.15) is 5.82 Å². The average molecular weight is 324 g/mol. The van der Waals surface area contributed by atoms with Crippen molar-refractivity contribution in [3.05, 3.63) is 58.0 Å². The highest BCUT2D eigenvalue weighted by Crippen LogP contribution is 2.29. The summed E-state index contributed by atoms with van der Waals surface area (Å²) >= 11 is 0. The van der Waals surface area contributed by atoms with Gasteiger partial charge < -0.3 is 9.47 Å². The van der Waals surface area contributed by atoms with Crippen molar-refractivity contribution in [3.8, 4) is 0 Å². The Labute approximate surface area is 140 Å². The van der Waals surface area contributed by atoms with Crippen LogP contribution in [0.5, 0.6) is 0 Å². The van der Waals surface area contributed by atoms with Crippen LogP contribution in [0, 0.1) is 0 Å². The minimum Gasteiger partial charge on any atom is -0.338 e. The fourth-order valence-corrected chi connectivity index (χ4v) is 3.83. The Hall–Kier alpha value is -2.50. The van der Waals surface area contributed by atoms with Gasteiger partial charge in [-0.3, -0.25) is 14.6 Å². The summed E-state index contributed by atoms with van der Waals surface area (Å²) in [6, 6.07) is 5.25. The number of likely N-dealkylation sites (tertiary alicyclic amines) is 1. The predicted molar refractivity (Wildman–Crippen MR) is 88.9 cm³/mol. The van der Waals surface area contributed by atoms with Crippen LogP contribution < -0.4 is 5.56 Å². The van der Waals surface area contributed by atoms with Crippen LogP contribution in [0.25, 0.3) is 0 Å². The number of aryl methyl sites for hydroxylation is 1. The van der Waals surface area contributed by atoms with Crippen LogP contribution in [0.2, 0.25) is 0 Å². The van der Waals surface area contributed by atoms with E-state index in [2.05, 4.69) is 14.5 Å². The standard InChI is InChI=1S/C18H20N4O2/c23-17-10-15(22-9-3-6-16(22)20-17)14-5-2-8-21(12-14)18(24)13-4-1-7-19-11-13/h1,4,7,10-11,14H,2-3,5-6,8-9,12H2/t14-/m1/s1. The maximum atomic E-state index is 12.7. The third kappa shape index (κ3) is 2.72. The fourth-order valence-electron chi connectivity index (χ4n) is 3.83. The van der Waals surface area contributed by atoms with E-state index in [9.17, 15) is 9.59 Å². The molecule has 124 valence electrons. The molecule has 0 N–H and O–H groups in total. The zero-order valence-corrected chi connectivity index (χ0v) is 13.5. The van der Waals surface area contributed by atoms with Crippen LogP contribution in [-0.2, 0) is 13.0 Å². The van der Waals surface area contributed by atoms with Gasteiger partial charge in [-0.1, -0.05) is 0 Å². The minimum absolute atomic E-state index is 0.0193. The number of hydrogen-bond donors (Lipinski definition) is 0. The van der Waals surface area contributed by atoms with Crippen LogP contribution >= 0.6 is 0 Å². The first-order valence-corrected chi connectivity index (χ1v) is 8.52. The Morgan fingerprint density at radius 1 is 1.25 bits per heavy atom. The minimum atomic E-state index is -0.158. The summed E-state index contributed by atoms with van der Waals surface area (Å²) in [5.74, 6) is 1.12. The van der Waals surface area contributed by atoms with Crippen molar-refractivity contribution in [1.82, 2.24) is 19.4 Å². The number of amides is 1. The van der Waals surface area contributed by atoms with E-state index in [0.717, 1.165) is 50.3 Å². The second-order valence-electron chi connectivity index (χ2n) is 6.52. The second kappa shape index (κ2) is 6.19. The van der Waals surface area contributed by atoms with Crippen LogP contribution in [-0.4, -0.2) is 38.4 Å². The molecule has 0 bridgehead atoms. The number of piperidine rings is 1. The lowest BCUT2D eigenvalue weighted by Gasteiger charge is -2.34. The number of pyridine rings is 1. The first-order valence-electron chi connectivity index (χ1n) is 8.52. The molecule has 1 fully saturated rings. The van der Waals surface area contributed by atoms with E-state index in [1.807, 2.05) is 4.90 Å². The largest absolute Gasteiger partial charge is 0.338 e. The SMILES string of the molecule is O=C(c1cccnc1)N1CCC[C@@H](c2cc(=O)nc3n2CCC3)C1. The molecule has 0 radical (unpaired) electrons. The van der Waals surface area contributed by atoms with E-state index in [-0.39, 0.29) is 17.4 Å². The van der Waals surface area contributed by atoms with Gasteiger partial charge in [-0.2, -0.15) is 4.98 Å². The third-order valence-corrected chi connectivity index (χ3v) is 4.95. The summed E-state index contributed by atoms with van der Waals surface area (Å²) in [5.41, 5.74) is 1.51. The van der Waals surface area contributed by atoms with E-state index < -0.39 is 0 Å². The number of carbonyl (C=O) groups is 1. The van der Waals surface area contributed by atoms with Crippen LogP contribution in [0.15, 0.2) is 35.4 Å². The van der Waals surface area contributed by atoms with Gasteiger partial charge in [0, 0.05) is 56.1 Å². The Balaban J connectivity index is 1.60. The number of hydrogen-bond acceptors (Lipinski definition) is 4. The van der Waals surface area contributed by atoms with E-state index in [1.54, 1.807) is 30.6 Å². The normalized spacial score (nSPS) is 20.0. The Morgan fingerprint density at radius 2 is 2.17 bits per heavy atom. The van der Waals surface area contributed by atoms with Crippen LogP contribution in [0.3, 0.4) is 0 Å². The van der Waals surface area contributed by atoms with Crippen LogP contribution in [0.4, 0.5) is 0 Å². The van der Waals surface area contributed by atoms with Crippen molar-refractivity contribution >= 4 is 5.91 Å². The lowest BCUT2D eigenvalue weighted by Crippen LogP contribution is -2.40. The lowest BCUT2D eigenvalue weighted by molar-refractivity contribution is 0.0704. The summed E-state index contributed by atoms with van der Waals surface area (Å²) in [6.07, 6.45) is 7.13. The van der Waals surface area contributed by atoms with Crippen molar-refractivity contribution in [1.29, 1.82) is 0 Å². The highest BCUT2D eigenvalue weighted by Gasteiger charge is 2.29. The molecule has 0 aromatic carbocycles. The Bertz CT molecular complexity index is 816. The maximum absolute atomic E-state index is 12.7. The Kier molecular flexibility index (Phi) is 3.88. The average Bonchev–Trinajstić information content (AvgIpc) is 3.09. The third-order valence-electron chi connectivity index (χ3n) is 4.95. The number of rotatable bonds is 2. The molecular weight excluding hydrogens is 304 g/mol. The molecule has 4 rings (SSSR count). The molecule has 2 aromatic heterocycles. The summed E-state index contributed by atoms with van der Waals surface area (Å²) in [4.78, 5) is 34.7. The van der Waals surface area contributed by atoms with E-state index in [0.29, 0.717) is 12.1 Å². The van der Waals surface area contributed by atoms with Gasteiger partial charge in [-0.15, -0.1) is 0 Å². The van der Waals surface area contributed by atoms with Crippen molar-refractivity contribution in [2.45, 2.75) is 38.1 Å². The van der Waals surface area contributed by atoms with Gasteiger partial charge in [0.25, 0.3) is 11.5 Å². The molecular formula is C18H20N4O2. The molecule has 1 amide bonds. The summed E-state index contributed by atoms with van der Waals surface area (Å²) in [6.45, 7) is 2.33. The first-order chi connectivity index (χ1) is 11.7. The smallest absolute Gasteiger partial charge is 0.273 e. The summed E-state index contributed by atoms with van der Waals surface area (Å²) in [7, 11) is 0. The molecule has 1 atom stereocenters. The topological polar surface area (TPSA) is 68.1 Å². The van der Waals surface area contributed by atoms with Crippen molar-refractivity contribution in [2.75, 3.05) is 13.1 Å². The molecule has 2 aliphatic heterocycles. The van der Waals surface area contributed by atoms with Gasteiger partial charge in [0.2, 0.25) is 0 Å². The number of nitrogens with zero attached hydrogens (tertiary/aromatic N) is 4. The molecule has 6 heteroatoms. The van der Waals surface area contributed by atoms with Gasteiger partial charge in [-0.05, 0) is 31.4 Å². The molecule has 0 spiro atoms. The molecule has 24 heavy (non-hydrogen) atoms. The number of fused-ring (bicyclic) bond motifs is 1. The highest BCUT2D eigenvalue weighted by molar-refractivity contribution is 5.94. The maximum Gasteiger partial charge on any atom is 0.273 e. The highest BCUT2D eigenvalue weighted by atomic mass is 16.2. The van der Waals surface area contributed by atoms with Crippen molar-refractivity contribution in [3.63, 3.8) is 0 Å². The first kappa shape index (κ1) is 15.1. The molecule has 0 unspecified atom stereocenters. The molecule has 2 aliphatic rings. The monoisotopic (exact) mass is 324 g/mol. The van der Waals surface area contributed by atoms with Crippen molar-refractivity contribution in [2.24, 2.45) is 0 Å². The van der Waals surface area contributed by atoms with Gasteiger partial charge in [0.05, 0.1) is 5.56 Å². The van der Waals surface area contributed by atoms with E-state index in [1.165, 1.54) is 0 Å². The zero-order chi connectivity index (χ0) is 16.5. The molecule has 2 aromatic rings. The van der Waals surface area contributed by atoms with Gasteiger partial charge in [-0.25, -0.2) is 0 Å². The van der Waals surface area contributed by atoms with Crippen molar-refractivity contribution < 1.29 is 4.79 Å². The molecule has 0 aliphatic carbocycles. The second-order valence-corrected chi connectivity index (χ2v) is 6.52. The van der Waals surface area contributed by atoms with E-state index in [4.69, 9.17) is 0 Å². The summed E-state index contributed by atoms with van der Waals surface area (Å²) in [5, 5.41) is 0.